The van der Waals surface area contributed by atoms with Gasteiger partial charge in [0, 0.05) is 0 Å². The summed E-state index contributed by atoms with van der Waals surface area (Å²) in [6.45, 7) is 1.57. The van der Waals surface area contributed by atoms with Crippen molar-refractivity contribution in [3.8, 4) is 5.75 Å². The van der Waals surface area contributed by atoms with E-state index in [-0.39, 0.29) is 12.4 Å². The average molecular weight is 319 g/mol. The number of nitrogens with zero attached hydrogens (tertiary/aromatic N) is 1. The monoisotopic (exact) mass is 319 g/mol. The van der Waals surface area contributed by atoms with Gasteiger partial charge in [-0.05, 0) is 19.1 Å². The Morgan fingerprint density at radius 2 is 2.10 bits per heavy atom. The zero-order valence-electron chi connectivity index (χ0n) is 11.2. The van der Waals surface area contributed by atoms with E-state index >= 15 is 0 Å². The molecular weight excluding hydrogens is 306 g/mol. The quantitative estimate of drug-likeness (QED) is 0.576. The van der Waals surface area contributed by atoms with E-state index in [1.54, 1.807) is 10.3 Å². The zero-order chi connectivity index (χ0) is 16.0. The normalized spacial score (nSPS) is 10.8. The molecule has 21 heavy (non-hydrogen) atoms. The number of carbonyl (C=O) groups is 1. The Morgan fingerprint density at radius 3 is 2.62 bits per heavy atom. The number of hydrogen-bond acceptors (Lipinski definition) is 7. The van der Waals surface area contributed by atoms with Gasteiger partial charge in [0.25, 0.3) is 15.7 Å². The lowest BCUT2D eigenvalue weighted by atomic mass is 10.3. The number of amides is 1. The van der Waals surface area contributed by atoms with Gasteiger partial charge >= 0.3 is 6.09 Å². The number of rotatable bonds is 6. The van der Waals surface area contributed by atoms with Crippen LogP contribution in [0, 0.1) is 10.1 Å². The summed E-state index contributed by atoms with van der Waals surface area (Å²) in [4.78, 5) is 22.2. The molecule has 116 valence electrons. The Balaban J connectivity index is 3.08. The van der Waals surface area contributed by atoms with Crippen molar-refractivity contribution >= 4 is 21.8 Å². The number of methoxy groups -OCH3 is 1. The number of hydrazine groups is 1. The van der Waals surface area contributed by atoms with Crippen molar-refractivity contribution in [2.75, 3.05) is 13.7 Å². The van der Waals surface area contributed by atoms with Crippen molar-refractivity contribution in [1.82, 2.24) is 10.3 Å². The number of nitro groups is 1. The van der Waals surface area contributed by atoms with Gasteiger partial charge in [0.05, 0.1) is 24.7 Å². The molecule has 11 heteroatoms. The first kappa shape index (κ1) is 16.7. The maximum absolute atomic E-state index is 11.9. The second kappa shape index (κ2) is 6.85. The first-order valence-corrected chi connectivity index (χ1v) is 7.07. The van der Waals surface area contributed by atoms with Crippen LogP contribution in [-0.4, -0.2) is 33.2 Å². The lowest BCUT2D eigenvalue weighted by molar-refractivity contribution is -0.387. The molecule has 0 aliphatic rings. The fraction of sp³-hybridized carbons (Fsp3) is 0.300. The third-order valence-electron chi connectivity index (χ3n) is 2.22. The number of carbonyl (C=O) groups excluding carboxylic acids is 1. The maximum atomic E-state index is 11.9. The smallest absolute Gasteiger partial charge is 0.422 e. The second-order valence-corrected chi connectivity index (χ2v) is 5.19. The van der Waals surface area contributed by atoms with Crippen LogP contribution in [0.15, 0.2) is 23.1 Å². The molecule has 0 bridgehead atoms. The highest BCUT2D eigenvalue weighted by Gasteiger charge is 2.27. The molecule has 0 fully saturated rings. The van der Waals surface area contributed by atoms with E-state index in [0.717, 1.165) is 12.1 Å². The molecule has 0 unspecified atom stereocenters. The summed E-state index contributed by atoms with van der Waals surface area (Å²) in [5.74, 6) is 0.124. The number of nitrogens with one attached hydrogen (secondary N) is 2. The summed E-state index contributed by atoms with van der Waals surface area (Å²) in [6, 6.07) is 3.19. The molecule has 0 atom stereocenters. The van der Waals surface area contributed by atoms with Crippen LogP contribution >= 0.6 is 0 Å². The fourth-order valence-corrected chi connectivity index (χ4v) is 2.31. The highest BCUT2D eigenvalue weighted by Crippen LogP contribution is 2.27. The SMILES string of the molecule is CCOC(=O)NNS(=O)(=O)c1ccc(OC)cc1[N+](=O)[O-]. The summed E-state index contributed by atoms with van der Waals surface area (Å²) < 4.78 is 33.1. The Bertz CT molecular complexity index is 644. The van der Waals surface area contributed by atoms with E-state index in [4.69, 9.17) is 4.74 Å². The summed E-state index contributed by atoms with van der Waals surface area (Å²) >= 11 is 0. The molecule has 0 radical (unpaired) electrons. The Labute approximate surface area is 120 Å². The van der Waals surface area contributed by atoms with Crippen LogP contribution in [0.25, 0.3) is 0 Å². The molecule has 2 N–H and O–H groups in total. The molecule has 0 heterocycles. The summed E-state index contributed by atoms with van der Waals surface area (Å²) in [7, 11) is -3.05. The molecule has 0 aliphatic heterocycles. The topological polar surface area (TPSA) is 137 Å². The van der Waals surface area contributed by atoms with Crippen molar-refractivity contribution in [1.29, 1.82) is 0 Å². The second-order valence-electron chi connectivity index (χ2n) is 3.54. The van der Waals surface area contributed by atoms with Gasteiger partial charge in [0.2, 0.25) is 0 Å². The van der Waals surface area contributed by atoms with Crippen molar-refractivity contribution in [3.05, 3.63) is 28.3 Å². The average Bonchev–Trinajstić information content (AvgIpc) is 2.45. The van der Waals surface area contributed by atoms with Gasteiger partial charge in [-0.1, -0.05) is 0 Å². The van der Waals surface area contributed by atoms with E-state index in [2.05, 4.69) is 4.74 Å². The number of nitro benzene ring substituents is 1. The summed E-state index contributed by atoms with van der Waals surface area (Å²) in [5, 5.41) is 10.9. The molecule has 0 spiro atoms. The molecule has 1 aromatic carbocycles. The molecule has 1 amide bonds. The van der Waals surface area contributed by atoms with Crippen LogP contribution in [-0.2, 0) is 14.8 Å². The first-order valence-electron chi connectivity index (χ1n) is 5.58. The van der Waals surface area contributed by atoms with Gasteiger partial charge in [-0.25, -0.2) is 18.6 Å². The van der Waals surface area contributed by atoms with Crippen molar-refractivity contribution in [3.63, 3.8) is 0 Å². The number of benzene rings is 1. The van der Waals surface area contributed by atoms with E-state index in [1.807, 2.05) is 0 Å². The number of sulfonamides is 1. The predicted octanol–water partition coefficient (Wildman–Crippen LogP) is 0.543. The molecule has 0 saturated carbocycles. The highest BCUT2D eigenvalue weighted by atomic mass is 32.2. The number of ether oxygens (including phenoxy) is 2. The van der Waals surface area contributed by atoms with Gasteiger partial charge < -0.3 is 9.47 Å². The predicted molar refractivity (Wildman–Crippen MR) is 70.1 cm³/mol. The largest absolute Gasteiger partial charge is 0.497 e. The van der Waals surface area contributed by atoms with E-state index in [1.165, 1.54) is 20.1 Å². The zero-order valence-corrected chi connectivity index (χ0v) is 12.0. The van der Waals surface area contributed by atoms with Crippen LogP contribution in [0.2, 0.25) is 0 Å². The van der Waals surface area contributed by atoms with E-state index < -0.39 is 31.6 Å². The van der Waals surface area contributed by atoms with E-state index in [9.17, 15) is 23.3 Å². The van der Waals surface area contributed by atoms with Crippen molar-refractivity contribution in [2.45, 2.75) is 11.8 Å². The van der Waals surface area contributed by atoms with Gasteiger partial charge in [-0.2, -0.15) is 0 Å². The fourth-order valence-electron chi connectivity index (χ4n) is 1.33. The molecule has 1 rings (SSSR count). The Kier molecular flexibility index (Phi) is 5.44. The molecular formula is C10H13N3O7S. The van der Waals surface area contributed by atoms with Crippen molar-refractivity contribution < 1.29 is 27.6 Å². The third kappa shape index (κ3) is 4.29. The lowest BCUT2D eigenvalue weighted by Gasteiger charge is -2.09. The Morgan fingerprint density at radius 1 is 1.43 bits per heavy atom. The maximum Gasteiger partial charge on any atom is 0.422 e. The van der Waals surface area contributed by atoms with Crippen LogP contribution in [0.3, 0.4) is 0 Å². The first-order chi connectivity index (χ1) is 9.81. The lowest BCUT2D eigenvalue weighted by Crippen LogP contribution is -2.42. The van der Waals surface area contributed by atoms with Crippen LogP contribution in [0.1, 0.15) is 6.92 Å². The molecule has 1 aromatic rings. The highest BCUT2D eigenvalue weighted by molar-refractivity contribution is 7.89. The summed E-state index contributed by atoms with van der Waals surface area (Å²) in [5.41, 5.74) is 1.08. The Hall–Kier alpha value is -2.40. The molecule has 0 aliphatic carbocycles. The minimum absolute atomic E-state index is 0.0379. The van der Waals surface area contributed by atoms with Gasteiger partial charge in [-0.3, -0.25) is 10.1 Å². The van der Waals surface area contributed by atoms with Crippen LogP contribution in [0.5, 0.6) is 5.75 Å². The molecule has 10 nitrogen and oxygen atoms in total. The third-order valence-corrected chi connectivity index (χ3v) is 3.51. The molecule has 0 aromatic heterocycles. The van der Waals surface area contributed by atoms with Crippen molar-refractivity contribution in [2.24, 2.45) is 0 Å². The van der Waals surface area contributed by atoms with E-state index in [0.29, 0.717) is 0 Å². The summed E-state index contributed by atoms with van der Waals surface area (Å²) in [6.07, 6.45) is -1.03. The van der Waals surface area contributed by atoms with Crippen LogP contribution < -0.4 is 15.0 Å². The van der Waals surface area contributed by atoms with Crippen LogP contribution in [0.4, 0.5) is 10.5 Å². The molecule has 0 saturated heterocycles. The van der Waals surface area contributed by atoms with Gasteiger partial charge in [0.1, 0.15) is 5.75 Å². The van der Waals surface area contributed by atoms with Gasteiger partial charge in [0.15, 0.2) is 4.90 Å². The minimum Gasteiger partial charge on any atom is -0.497 e. The number of hydrogen-bond donors (Lipinski definition) is 2. The minimum atomic E-state index is -4.33. The van der Waals surface area contributed by atoms with Gasteiger partial charge in [-0.15, -0.1) is 4.83 Å². The standard InChI is InChI=1S/C10H13N3O7S/c1-3-20-10(14)11-12-21(17,18)9-5-4-7(19-2)6-8(9)13(15)16/h4-6,12H,3H2,1-2H3,(H,11,14).